The molecule has 1 aliphatic rings. The maximum atomic E-state index is 4.41. The van der Waals surface area contributed by atoms with Crippen LogP contribution in [-0.4, -0.2) is 23.1 Å². The van der Waals surface area contributed by atoms with Crippen LogP contribution in [0.5, 0.6) is 0 Å². The second kappa shape index (κ2) is 8.81. The molecule has 3 aromatic rings. The van der Waals surface area contributed by atoms with Crippen molar-refractivity contribution in [2.45, 2.75) is 59.3 Å². The average Bonchev–Trinajstić information content (AvgIpc) is 3.19. The molecule has 0 amide bonds. The number of hydrogen-bond acceptors (Lipinski definition) is 2. The van der Waals surface area contributed by atoms with E-state index in [0.717, 1.165) is 24.7 Å². The van der Waals surface area contributed by atoms with Gasteiger partial charge in [0.2, 0.25) is 0 Å². The number of aromatic amines is 1. The largest absolute Gasteiger partial charge is 0.371 e. The molecule has 0 bridgehead atoms. The van der Waals surface area contributed by atoms with E-state index in [0.29, 0.717) is 0 Å². The zero-order valence-corrected chi connectivity index (χ0v) is 18.1. The first kappa shape index (κ1) is 20.4. The molecule has 0 saturated carbocycles. The first-order valence-corrected chi connectivity index (χ1v) is 10.8. The SMILES string of the molecule is CC.CC(C)(C)c1ccc(CC2CCN(c3ccnc4[nH]ccc34)CC2)cc1. The van der Waals surface area contributed by atoms with Crippen molar-refractivity contribution in [2.75, 3.05) is 18.0 Å². The van der Waals surface area contributed by atoms with Crippen LogP contribution in [0.2, 0.25) is 0 Å². The maximum absolute atomic E-state index is 4.41. The summed E-state index contributed by atoms with van der Waals surface area (Å²) in [5.74, 6) is 0.787. The minimum atomic E-state index is 0.234. The van der Waals surface area contributed by atoms with E-state index < -0.39 is 0 Å². The molecule has 1 saturated heterocycles. The van der Waals surface area contributed by atoms with Crippen LogP contribution >= 0.6 is 0 Å². The monoisotopic (exact) mass is 377 g/mol. The molecule has 1 aromatic carbocycles. The Morgan fingerprint density at radius 3 is 2.32 bits per heavy atom. The van der Waals surface area contributed by atoms with Gasteiger partial charge in [0.05, 0.1) is 0 Å². The van der Waals surface area contributed by atoms with E-state index >= 15 is 0 Å². The number of nitrogens with one attached hydrogen (secondary N) is 1. The van der Waals surface area contributed by atoms with Gasteiger partial charge in [-0.05, 0) is 53.9 Å². The minimum Gasteiger partial charge on any atom is -0.371 e. The molecule has 0 spiro atoms. The summed E-state index contributed by atoms with van der Waals surface area (Å²) in [5, 5.41) is 1.24. The Kier molecular flexibility index (Phi) is 6.43. The average molecular weight is 378 g/mol. The molecule has 3 nitrogen and oxygen atoms in total. The fourth-order valence-corrected chi connectivity index (χ4v) is 4.07. The standard InChI is InChI=1S/C23H29N3.C2H6/c1-23(2,3)19-6-4-17(5-7-19)16-18-10-14-26(15-11-18)21-9-13-25-22-20(21)8-12-24-22;1-2/h4-9,12-13,18H,10-11,14-16H2,1-3H3,(H,24,25);1-2H3. The highest BCUT2D eigenvalue weighted by atomic mass is 15.1. The van der Waals surface area contributed by atoms with Gasteiger partial charge in [0.1, 0.15) is 5.65 Å². The van der Waals surface area contributed by atoms with Crippen molar-refractivity contribution in [2.24, 2.45) is 5.92 Å². The molecule has 4 rings (SSSR count). The Morgan fingerprint density at radius 2 is 1.68 bits per heavy atom. The van der Waals surface area contributed by atoms with E-state index in [1.807, 2.05) is 26.2 Å². The molecule has 0 unspecified atom stereocenters. The summed E-state index contributed by atoms with van der Waals surface area (Å²) in [4.78, 5) is 10.2. The zero-order chi connectivity index (χ0) is 20.1. The molecular formula is C25H35N3. The number of nitrogens with zero attached hydrogens (tertiary/aromatic N) is 2. The van der Waals surface area contributed by atoms with Crippen molar-refractivity contribution < 1.29 is 0 Å². The minimum absolute atomic E-state index is 0.234. The summed E-state index contributed by atoms with van der Waals surface area (Å²) in [7, 11) is 0. The van der Waals surface area contributed by atoms with Crippen molar-refractivity contribution >= 4 is 16.7 Å². The molecule has 1 aliphatic heterocycles. The summed E-state index contributed by atoms with van der Waals surface area (Å²) in [6, 6.07) is 13.6. The van der Waals surface area contributed by atoms with Gasteiger partial charge in [-0.1, -0.05) is 58.9 Å². The van der Waals surface area contributed by atoms with Gasteiger partial charge in [-0.3, -0.25) is 0 Å². The number of rotatable bonds is 3. The molecule has 3 heteroatoms. The van der Waals surface area contributed by atoms with Crippen molar-refractivity contribution in [3.05, 3.63) is 59.9 Å². The van der Waals surface area contributed by atoms with Crippen LogP contribution in [0.15, 0.2) is 48.8 Å². The molecule has 150 valence electrons. The summed E-state index contributed by atoms with van der Waals surface area (Å²) >= 11 is 0. The summed E-state index contributed by atoms with van der Waals surface area (Å²) in [6.45, 7) is 13.1. The normalized spacial score (nSPS) is 15.4. The molecule has 0 atom stereocenters. The third kappa shape index (κ3) is 4.57. The predicted molar refractivity (Wildman–Crippen MR) is 121 cm³/mol. The number of anilines is 1. The molecule has 28 heavy (non-hydrogen) atoms. The first-order valence-electron chi connectivity index (χ1n) is 10.8. The Hall–Kier alpha value is -2.29. The van der Waals surface area contributed by atoms with E-state index in [-0.39, 0.29) is 5.41 Å². The lowest BCUT2D eigenvalue weighted by molar-refractivity contribution is 0.404. The molecule has 2 aromatic heterocycles. The Bertz CT molecular complexity index is 863. The highest BCUT2D eigenvalue weighted by Gasteiger charge is 2.21. The van der Waals surface area contributed by atoms with Crippen LogP contribution in [-0.2, 0) is 11.8 Å². The van der Waals surface area contributed by atoms with Crippen molar-refractivity contribution in [1.29, 1.82) is 0 Å². The third-order valence-electron chi connectivity index (χ3n) is 5.74. The summed E-state index contributed by atoms with van der Waals surface area (Å²) < 4.78 is 0. The lowest BCUT2D eigenvalue weighted by Crippen LogP contribution is -2.34. The Labute approximate surface area is 170 Å². The molecule has 3 heterocycles. The number of aromatic nitrogens is 2. The second-order valence-electron chi connectivity index (χ2n) is 8.65. The zero-order valence-electron chi connectivity index (χ0n) is 18.1. The van der Waals surface area contributed by atoms with Gasteiger partial charge in [-0.2, -0.15) is 0 Å². The lowest BCUT2D eigenvalue weighted by atomic mass is 9.85. The molecule has 0 aliphatic carbocycles. The predicted octanol–water partition coefficient (Wildman–Crippen LogP) is 6.35. The maximum Gasteiger partial charge on any atom is 0.139 e. The van der Waals surface area contributed by atoms with Crippen molar-refractivity contribution in [1.82, 2.24) is 9.97 Å². The van der Waals surface area contributed by atoms with E-state index in [1.165, 1.54) is 41.5 Å². The summed E-state index contributed by atoms with van der Waals surface area (Å²) in [5.41, 5.74) is 5.45. The molecule has 1 fully saturated rings. The fourth-order valence-electron chi connectivity index (χ4n) is 4.07. The quantitative estimate of drug-likeness (QED) is 0.577. The van der Waals surface area contributed by atoms with E-state index in [1.54, 1.807) is 0 Å². The number of benzene rings is 1. The molecule has 0 radical (unpaired) electrons. The Morgan fingerprint density at radius 1 is 1.00 bits per heavy atom. The highest BCUT2D eigenvalue weighted by Crippen LogP contribution is 2.30. The van der Waals surface area contributed by atoms with Gasteiger partial charge in [0.25, 0.3) is 0 Å². The lowest BCUT2D eigenvalue weighted by Gasteiger charge is -2.34. The third-order valence-corrected chi connectivity index (χ3v) is 5.74. The van der Waals surface area contributed by atoms with Gasteiger partial charge in [-0.25, -0.2) is 4.98 Å². The van der Waals surface area contributed by atoms with Gasteiger partial charge in [0, 0.05) is 36.6 Å². The van der Waals surface area contributed by atoms with Gasteiger partial charge in [-0.15, -0.1) is 0 Å². The van der Waals surface area contributed by atoms with E-state index in [4.69, 9.17) is 0 Å². The topological polar surface area (TPSA) is 31.9 Å². The smallest absolute Gasteiger partial charge is 0.139 e. The van der Waals surface area contributed by atoms with Crippen LogP contribution in [0.1, 0.15) is 58.6 Å². The number of pyridine rings is 1. The summed E-state index contributed by atoms with van der Waals surface area (Å²) in [6.07, 6.45) is 7.62. The number of fused-ring (bicyclic) bond motifs is 1. The van der Waals surface area contributed by atoms with Crippen LogP contribution in [0, 0.1) is 5.92 Å². The van der Waals surface area contributed by atoms with Crippen LogP contribution in [0.3, 0.4) is 0 Å². The Balaban J connectivity index is 0.00000109. The van der Waals surface area contributed by atoms with Crippen LogP contribution in [0.25, 0.3) is 11.0 Å². The fraction of sp³-hybridized carbons (Fsp3) is 0.480. The number of hydrogen-bond donors (Lipinski definition) is 1. The van der Waals surface area contributed by atoms with Gasteiger partial charge in [0.15, 0.2) is 0 Å². The molecule has 1 N–H and O–H groups in total. The second-order valence-corrected chi connectivity index (χ2v) is 8.65. The van der Waals surface area contributed by atoms with Gasteiger partial charge < -0.3 is 9.88 Å². The van der Waals surface area contributed by atoms with Crippen LogP contribution in [0.4, 0.5) is 5.69 Å². The highest BCUT2D eigenvalue weighted by molar-refractivity contribution is 5.89. The van der Waals surface area contributed by atoms with Gasteiger partial charge >= 0.3 is 0 Å². The number of piperidine rings is 1. The molecular weight excluding hydrogens is 342 g/mol. The van der Waals surface area contributed by atoms with E-state index in [9.17, 15) is 0 Å². The van der Waals surface area contributed by atoms with Crippen LogP contribution < -0.4 is 4.90 Å². The van der Waals surface area contributed by atoms with Crippen molar-refractivity contribution in [3.63, 3.8) is 0 Å². The number of H-pyrrole nitrogens is 1. The first-order chi connectivity index (χ1) is 13.5. The van der Waals surface area contributed by atoms with E-state index in [2.05, 4.69) is 72.0 Å². The van der Waals surface area contributed by atoms with Crippen molar-refractivity contribution in [3.8, 4) is 0 Å².